The third-order valence-electron chi connectivity index (χ3n) is 2.25. The smallest absolute Gasteiger partial charge is 0.125 e. The van der Waals surface area contributed by atoms with Crippen LogP contribution in [0.25, 0.3) is 0 Å². The summed E-state index contributed by atoms with van der Waals surface area (Å²) in [4.78, 5) is 0. The van der Waals surface area contributed by atoms with E-state index in [2.05, 4.69) is 21.1 Å². The molecule has 0 amide bonds. The highest BCUT2D eigenvalue weighted by Crippen LogP contribution is 2.35. The van der Waals surface area contributed by atoms with E-state index < -0.39 is 0 Å². The predicted molar refractivity (Wildman–Crippen MR) is 52.5 cm³/mol. The zero-order valence-corrected chi connectivity index (χ0v) is 8.37. The first-order valence-electron chi connectivity index (χ1n) is 3.95. The molecule has 0 aromatic heterocycles. The van der Waals surface area contributed by atoms with Crippen LogP contribution >= 0.6 is 15.9 Å². The van der Waals surface area contributed by atoms with Gasteiger partial charge in [-0.15, -0.1) is 0 Å². The van der Waals surface area contributed by atoms with Gasteiger partial charge >= 0.3 is 0 Å². The van der Waals surface area contributed by atoms with Crippen molar-refractivity contribution in [2.75, 3.05) is 0 Å². The van der Waals surface area contributed by atoms with Crippen LogP contribution in [-0.4, -0.2) is 16.0 Å². The molecule has 2 N–H and O–H groups in total. The lowest BCUT2D eigenvalue weighted by Gasteiger charge is -2.03. The lowest BCUT2D eigenvalue weighted by molar-refractivity contribution is 0.318. The fourth-order valence-corrected chi connectivity index (χ4v) is 2.17. The summed E-state index contributed by atoms with van der Waals surface area (Å²) in [6.45, 7) is 0. The van der Waals surface area contributed by atoms with Crippen LogP contribution < -0.4 is 0 Å². The van der Waals surface area contributed by atoms with Crippen LogP contribution in [0.15, 0.2) is 21.8 Å². The van der Waals surface area contributed by atoms with E-state index in [-0.39, 0.29) is 5.75 Å². The van der Waals surface area contributed by atoms with Gasteiger partial charge in [0.2, 0.25) is 0 Å². The highest BCUT2D eigenvalue weighted by Gasteiger charge is 2.23. The van der Waals surface area contributed by atoms with Crippen molar-refractivity contribution in [3.63, 3.8) is 0 Å². The molecule has 2 rings (SSSR count). The van der Waals surface area contributed by atoms with E-state index in [0.29, 0.717) is 17.7 Å². The number of benzene rings is 1. The van der Waals surface area contributed by atoms with E-state index in [1.807, 2.05) is 0 Å². The summed E-state index contributed by atoms with van der Waals surface area (Å²) in [6, 6.07) is 3.40. The van der Waals surface area contributed by atoms with Crippen molar-refractivity contribution < 1.29 is 10.3 Å². The van der Waals surface area contributed by atoms with Gasteiger partial charge in [-0.3, -0.25) is 0 Å². The molecule has 68 valence electrons. The Kier molecular flexibility index (Phi) is 2.00. The van der Waals surface area contributed by atoms with Crippen LogP contribution in [0.1, 0.15) is 17.5 Å². The van der Waals surface area contributed by atoms with Gasteiger partial charge in [0.25, 0.3) is 0 Å². The lowest BCUT2D eigenvalue weighted by Crippen LogP contribution is -1.94. The molecule has 1 aliphatic carbocycles. The second kappa shape index (κ2) is 3.03. The number of phenols is 1. The Bertz CT molecular complexity index is 387. The van der Waals surface area contributed by atoms with Crippen LogP contribution in [-0.2, 0) is 6.42 Å². The molecule has 0 spiro atoms. The molecule has 0 saturated heterocycles. The van der Waals surface area contributed by atoms with Gasteiger partial charge in [0.15, 0.2) is 0 Å². The summed E-state index contributed by atoms with van der Waals surface area (Å²) >= 11 is 3.39. The Hall–Kier alpha value is -1.03. The number of aromatic hydroxyl groups is 1. The monoisotopic (exact) mass is 241 g/mol. The Morgan fingerprint density at radius 1 is 1.31 bits per heavy atom. The Balaban J connectivity index is 2.69. The van der Waals surface area contributed by atoms with E-state index in [0.717, 1.165) is 16.5 Å². The molecule has 0 saturated carbocycles. The average Bonchev–Trinajstić information content (AvgIpc) is 2.56. The Labute approximate surface area is 83.8 Å². The number of fused-ring (bicyclic) bond motifs is 1. The Morgan fingerprint density at radius 2 is 2.08 bits per heavy atom. The van der Waals surface area contributed by atoms with Crippen LogP contribution in [0.5, 0.6) is 5.75 Å². The molecule has 0 heterocycles. The van der Waals surface area contributed by atoms with Gasteiger partial charge in [0.1, 0.15) is 5.75 Å². The number of rotatable bonds is 0. The van der Waals surface area contributed by atoms with Crippen molar-refractivity contribution in [1.82, 2.24) is 0 Å². The normalized spacial score (nSPS) is 17.8. The number of nitrogens with zero attached hydrogens (tertiary/aromatic N) is 1. The van der Waals surface area contributed by atoms with Gasteiger partial charge in [-0.25, -0.2) is 0 Å². The predicted octanol–water partition coefficient (Wildman–Crippen LogP) is 2.28. The summed E-state index contributed by atoms with van der Waals surface area (Å²) in [5.41, 5.74) is 2.26. The molecular formula is C9H8BrNO2. The SMILES string of the molecule is ON=C1CCc2c(Br)ccc(O)c21. The van der Waals surface area contributed by atoms with E-state index >= 15 is 0 Å². The van der Waals surface area contributed by atoms with Gasteiger partial charge in [0.05, 0.1) is 5.71 Å². The van der Waals surface area contributed by atoms with Gasteiger partial charge in [-0.05, 0) is 30.5 Å². The summed E-state index contributed by atoms with van der Waals surface area (Å²) < 4.78 is 0.957. The minimum absolute atomic E-state index is 0.184. The topological polar surface area (TPSA) is 52.8 Å². The standard InChI is InChI=1S/C9H8BrNO2/c10-6-2-4-8(12)9-5(6)1-3-7(9)11-13/h2,4,12-13H,1,3H2. The second-order valence-electron chi connectivity index (χ2n) is 2.97. The maximum Gasteiger partial charge on any atom is 0.125 e. The van der Waals surface area contributed by atoms with Crippen LogP contribution in [0.2, 0.25) is 0 Å². The molecule has 0 fully saturated rings. The first-order valence-corrected chi connectivity index (χ1v) is 4.75. The summed E-state index contributed by atoms with van der Waals surface area (Å²) in [6.07, 6.45) is 1.49. The molecule has 1 aromatic rings. The van der Waals surface area contributed by atoms with Gasteiger partial charge in [0, 0.05) is 10.0 Å². The quantitative estimate of drug-likeness (QED) is 0.541. The summed E-state index contributed by atoms with van der Waals surface area (Å²) in [7, 11) is 0. The average molecular weight is 242 g/mol. The molecule has 13 heavy (non-hydrogen) atoms. The third-order valence-corrected chi connectivity index (χ3v) is 3.00. The molecular weight excluding hydrogens is 234 g/mol. The third kappa shape index (κ3) is 1.21. The maximum atomic E-state index is 9.54. The number of hydrogen-bond acceptors (Lipinski definition) is 3. The molecule has 3 nitrogen and oxygen atoms in total. The highest BCUT2D eigenvalue weighted by atomic mass is 79.9. The minimum Gasteiger partial charge on any atom is -0.507 e. The van der Waals surface area contributed by atoms with Crippen molar-refractivity contribution >= 4 is 21.6 Å². The van der Waals surface area contributed by atoms with Gasteiger partial charge in [-0.2, -0.15) is 0 Å². The lowest BCUT2D eigenvalue weighted by atomic mass is 10.1. The Morgan fingerprint density at radius 3 is 2.77 bits per heavy atom. The van der Waals surface area contributed by atoms with E-state index in [1.54, 1.807) is 12.1 Å². The van der Waals surface area contributed by atoms with Crippen LogP contribution in [0, 0.1) is 0 Å². The maximum absolute atomic E-state index is 9.54. The molecule has 1 aliphatic rings. The van der Waals surface area contributed by atoms with Crippen LogP contribution in [0.3, 0.4) is 0 Å². The largest absolute Gasteiger partial charge is 0.507 e. The van der Waals surface area contributed by atoms with Crippen molar-refractivity contribution in [1.29, 1.82) is 0 Å². The summed E-state index contributed by atoms with van der Waals surface area (Å²) in [5.74, 6) is 0.184. The molecule has 0 bridgehead atoms. The molecule has 0 atom stereocenters. The minimum atomic E-state index is 0.184. The number of oxime groups is 1. The van der Waals surface area contributed by atoms with Gasteiger partial charge < -0.3 is 10.3 Å². The fourth-order valence-electron chi connectivity index (χ4n) is 1.64. The highest BCUT2D eigenvalue weighted by molar-refractivity contribution is 9.10. The molecule has 1 aromatic carbocycles. The van der Waals surface area contributed by atoms with Gasteiger partial charge in [-0.1, -0.05) is 21.1 Å². The molecule has 0 aliphatic heterocycles. The molecule has 0 radical (unpaired) electrons. The molecule has 0 unspecified atom stereocenters. The fraction of sp³-hybridized carbons (Fsp3) is 0.222. The van der Waals surface area contributed by atoms with Crippen molar-refractivity contribution in [3.8, 4) is 5.75 Å². The van der Waals surface area contributed by atoms with E-state index in [1.165, 1.54) is 0 Å². The van der Waals surface area contributed by atoms with E-state index in [4.69, 9.17) is 5.21 Å². The van der Waals surface area contributed by atoms with E-state index in [9.17, 15) is 5.11 Å². The van der Waals surface area contributed by atoms with Crippen molar-refractivity contribution in [2.24, 2.45) is 5.16 Å². The number of halogens is 1. The van der Waals surface area contributed by atoms with Crippen molar-refractivity contribution in [2.45, 2.75) is 12.8 Å². The number of hydrogen-bond donors (Lipinski definition) is 2. The summed E-state index contributed by atoms with van der Waals surface area (Å²) in [5, 5.41) is 21.4. The first-order chi connectivity index (χ1) is 6.24. The zero-order valence-electron chi connectivity index (χ0n) is 6.79. The van der Waals surface area contributed by atoms with Crippen molar-refractivity contribution in [3.05, 3.63) is 27.7 Å². The second-order valence-corrected chi connectivity index (χ2v) is 3.82. The molecule has 4 heteroatoms. The first kappa shape index (κ1) is 8.56. The van der Waals surface area contributed by atoms with Crippen LogP contribution in [0.4, 0.5) is 0 Å². The zero-order chi connectivity index (χ0) is 9.42. The number of phenolic OH excluding ortho intramolecular Hbond substituents is 1.